The molecule has 0 aromatic heterocycles. The maximum atomic E-state index is 11.6. The highest BCUT2D eigenvalue weighted by Crippen LogP contribution is 2.27. The van der Waals surface area contributed by atoms with Crippen molar-refractivity contribution < 1.29 is 17.9 Å². The highest BCUT2D eigenvalue weighted by atomic mass is 79.9. The Morgan fingerprint density at radius 1 is 1.39 bits per heavy atom. The van der Waals surface area contributed by atoms with Crippen molar-refractivity contribution in [2.45, 2.75) is 19.1 Å². The lowest BCUT2D eigenvalue weighted by Crippen LogP contribution is -2.22. The summed E-state index contributed by atoms with van der Waals surface area (Å²) in [6.07, 6.45) is 0.678. The second kappa shape index (κ2) is 6.33. The lowest BCUT2D eigenvalue weighted by atomic mass is 10.2. The maximum absolute atomic E-state index is 11.6. The number of hydrogen-bond donors (Lipinski definition) is 0. The quantitative estimate of drug-likeness (QED) is 0.750. The zero-order valence-corrected chi connectivity index (χ0v) is 12.6. The van der Waals surface area contributed by atoms with Gasteiger partial charge in [-0.25, -0.2) is 8.42 Å². The number of halogens is 1. The van der Waals surface area contributed by atoms with Crippen LogP contribution in [-0.2, 0) is 9.84 Å². The number of sulfone groups is 1. The fourth-order valence-electron chi connectivity index (χ4n) is 1.27. The number of para-hydroxylation sites is 1. The van der Waals surface area contributed by atoms with Gasteiger partial charge in [-0.2, -0.15) is 0 Å². The van der Waals surface area contributed by atoms with E-state index in [0.29, 0.717) is 22.1 Å². The molecular formula is C12H15BrO4S. The van der Waals surface area contributed by atoms with E-state index in [1.807, 2.05) is 0 Å². The van der Waals surface area contributed by atoms with Gasteiger partial charge in [-0.05, 0) is 41.9 Å². The first-order valence-corrected chi connectivity index (χ1v) is 7.97. The minimum Gasteiger partial charge on any atom is -0.491 e. The van der Waals surface area contributed by atoms with Crippen molar-refractivity contribution in [3.8, 4) is 5.75 Å². The molecule has 0 aliphatic rings. The van der Waals surface area contributed by atoms with Crippen LogP contribution in [0.25, 0.3) is 0 Å². The highest BCUT2D eigenvalue weighted by Gasteiger charge is 2.16. The third kappa shape index (κ3) is 3.81. The van der Waals surface area contributed by atoms with Crippen molar-refractivity contribution in [1.82, 2.24) is 0 Å². The van der Waals surface area contributed by atoms with Crippen molar-refractivity contribution >= 4 is 32.1 Å². The number of aldehydes is 1. The zero-order chi connectivity index (χ0) is 13.8. The van der Waals surface area contributed by atoms with Gasteiger partial charge >= 0.3 is 0 Å². The van der Waals surface area contributed by atoms with E-state index in [0.717, 1.165) is 0 Å². The molecule has 0 heterocycles. The van der Waals surface area contributed by atoms with Gasteiger partial charge in [-0.1, -0.05) is 6.07 Å². The van der Waals surface area contributed by atoms with Crippen LogP contribution in [0.2, 0.25) is 0 Å². The average molecular weight is 335 g/mol. The molecule has 0 spiro atoms. The molecule has 0 aliphatic carbocycles. The van der Waals surface area contributed by atoms with Crippen molar-refractivity contribution in [2.24, 2.45) is 0 Å². The zero-order valence-electron chi connectivity index (χ0n) is 10.2. The average Bonchev–Trinajstić information content (AvgIpc) is 2.30. The van der Waals surface area contributed by atoms with Crippen molar-refractivity contribution in [3.05, 3.63) is 28.2 Å². The molecule has 1 aromatic rings. The molecule has 0 atom stereocenters. The molecule has 0 bridgehead atoms. The van der Waals surface area contributed by atoms with Crippen LogP contribution >= 0.6 is 15.9 Å². The van der Waals surface area contributed by atoms with E-state index in [1.54, 1.807) is 32.0 Å². The van der Waals surface area contributed by atoms with Gasteiger partial charge in [0, 0.05) is 0 Å². The van der Waals surface area contributed by atoms with E-state index < -0.39 is 15.1 Å². The van der Waals surface area contributed by atoms with Crippen LogP contribution in [0, 0.1) is 0 Å². The summed E-state index contributed by atoms with van der Waals surface area (Å²) in [6.45, 7) is 3.29. The van der Waals surface area contributed by atoms with E-state index >= 15 is 0 Å². The van der Waals surface area contributed by atoms with Gasteiger partial charge in [0.1, 0.15) is 12.4 Å². The lowest BCUT2D eigenvalue weighted by Gasteiger charge is -2.11. The van der Waals surface area contributed by atoms with Gasteiger partial charge in [0.2, 0.25) is 0 Å². The van der Waals surface area contributed by atoms with Gasteiger partial charge in [-0.3, -0.25) is 4.79 Å². The van der Waals surface area contributed by atoms with Crippen LogP contribution < -0.4 is 4.74 Å². The molecule has 0 radical (unpaired) electrons. The Labute approximate surface area is 115 Å². The number of hydrogen-bond acceptors (Lipinski definition) is 4. The van der Waals surface area contributed by atoms with E-state index in [2.05, 4.69) is 15.9 Å². The first kappa shape index (κ1) is 15.2. The topological polar surface area (TPSA) is 60.4 Å². The normalized spacial score (nSPS) is 11.6. The molecular weight excluding hydrogens is 320 g/mol. The molecule has 0 N–H and O–H groups in total. The SMILES string of the molecule is CC(C)S(=O)(=O)CCOc1c(Br)cccc1C=O. The summed E-state index contributed by atoms with van der Waals surface area (Å²) in [4.78, 5) is 10.8. The monoisotopic (exact) mass is 334 g/mol. The number of carbonyl (C=O) groups excluding carboxylic acids is 1. The minimum absolute atomic E-state index is 0.0317. The van der Waals surface area contributed by atoms with Gasteiger partial charge in [0.25, 0.3) is 0 Å². The molecule has 0 saturated carbocycles. The Morgan fingerprint density at radius 3 is 2.61 bits per heavy atom. The molecule has 18 heavy (non-hydrogen) atoms. The van der Waals surface area contributed by atoms with Crippen molar-refractivity contribution in [1.29, 1.82) is 0 Å². The molecule has 0 saturated heterocycles. The van der Waals surface area contributed by atoms with E-state index in [-0.39, 0.29) is 12.4 Å². The third-order valence-corrected chi connectivity index (χ3v) is 5.25. The molecule has 6 heteroatoms. The van der Waals surface area contributed by atoms with E-state index in [1.165, 1.54) is 0 Å². The smallest absolute Gasteiger partial charge is 0.155 e. The number of benzene rings is 1. The summed E-state index contributed by atoms with van der Waals surface area (Å²) in [5.74, 6) is 0.316. The van der Waals surface area contributed by atoms with Gasteiger partial charge in [0.15, 0.2) is 16.1 Å². The Hall–Kier alpha value is -0.880. The Kier molecular flexibility index (Phi) is 5.34. The van der Waals surface area contributed by atoms with E-state index in [9.17, 15) is 13.2 Å². The van der Waals surface area contributed by atoms with Crippen LogP contribution in [0.5, 0.6) is 5.75 Å². The van der Waals surface area contributed by atoms with Gasteiger partial charge in [0.05, 0.1) is 21.0 Å². The fourth-order valence-corrected chi connectivity index (χ4v) is 2.55. The van der Waals surface area contributed by atoms with Gasteiger partial charge in [-0.15, -0.1) is 0 Å². The Balaban J connectivity index is 2.73. The lowest BCUT2D eigenvalue weighted by molar-refractivity contribution is 0.111. The summed E-state index contributed by atoms with van der Waals surface area (Å²) < 4.78 is 29.2. The van der Waals surface area contributed by atoms with Crippen LogP contribution in [0.15, 0.2) is 22.7 Å². The summed E-state index contributed by atoms with van der Waals surface area (Å²) >= 11 is 3.26. The maximum Gasteiger partial charge on any atom is 0.155 e. The van der Waals surface area contributed by atoms with Crippen molar-refractivity contribution in [2.75, 3.05) is 12.4 Å². The first-order chi connectivity index (χ1) is 8.38. The second-order valence-electron chi connectivity index (χ2n) is 4.04. The second-order valence-corrected chi connectivity index (χ2v) is 7.57. The summed E-state index contributed by atoms with van der Waals surface area (Å²) in [5, 5.41) is -0.425. The standard InChI is InChI=1S/C12H15BrO4S/c1-9(2)18(15,16)7-6-17-12-10(8-14)4-3-5-11(12)13/h3-5,8-9H,6-7H2,1-2H3. The molecule has 1 rings (SSSR count). The Morgan fingerprint density at radius 2 is 2.06 bits per heavy atom. The van der Waals surface area contributed by atoms with Gasteiger partial charge < -0.3 is 4.74 Å². The summed E-state index contributed by atoms with van der Waals surface area (Å²) in [5.41, 5.74) is 0.395. The van der Waals surface area contributed by atoms with Crippen LogP contribution in [0.4, 0.5) is 0 Å². The predicted octanol–water partition coefficient (Wildman–Crippen LogP) is 2.46. The number of ether oxygens (including phenoxy) is 1. The molecule has 4 nitrogen and oxygen atoms in total. The highest BCUT2D eigenvalue weighted by molar-refractivity contribution is 9.10. The molecule has 1 aromatic carbocycles. The number of rotatable bonds is 6. The van der Waals surface area contributed by atoms with Crippen molar-refractivity contribution in [3.63, 3.8) is 0 Å². The molecule has 0 unspecified atom stereocenters. The largest absolute Gasteiger partial charge is 0.491 e. The molecule has 0 aliphatic heterocycles. The minimum atomic E-state index is -3.13. The van der Waals surface area contributed by atoms with E-state index in [4.69, 9.17) is 4.74 Å². The van der Waals surface area contributed by atoms with Crippen LogP contribution in [0.3, 0.4) is 0 Å². The fraction of sp³-hybridized carbons (Fsp3) is 0.417. The number of carbonyl (C=O) groups is 1. The Bertz CT molecular complexity index is 523. The van der Waals surface area contributed by atoms with Crippen LogP contribution in [-0.4, -0.2) is 32.3 Å². The third-order valence-electron chi connectivity index (χ3n) is 2.46. The predicted molar refractivity (Wildman–Crippen MR) is 73.9 cm³/mol. The molecule has 100 valence electrons. The molecule has 0 amide bonds. The van der Waals surface area contributed by atoms with Crippen LogP contribution in [0.1, 0.15) is 24.2 Å². The summed E-state index contributed by atoms with van der Waals surface area (Å²) in [6, 6.07) is 5.06. The summed E-state index contributed by atoms with van der Waals surface area (Å²) in [7, 11) is -3.13. The molecule has 0 fully saturated rings. The first-order valence-electron chi connectivity index (χ1n) is 5.46.